The first-order valence-electron chi connectivity index (χ1n) is 5.37. The Hall–Kier alpha value is 0.730. The molecule has 0 aliphatic heterocycles. The lowest BCUT2D eigenvalue weighted by Gasteiger charge is -2.08. The summed E-state index contributed by atoms with van der Waals surface area (Å²) in [6.07, 6.45) is 10.0. The highest BCUT2D eigenvalue weighted by atomic mass is 127. The van der Waals surface area contributed by atoms with Crippen LogP contribution in [-0.2, 0) is 0 Å². The average Bonchev–Trinajstić information content (AvgIpc) is 2.05. The fraction of sp³-hybridized carbons (Fsp3) is 1.00. The molecule has 0 aliphatic carbocycles. The molecule has 74 valence electrons. The molecule has 0 nitrogen and oxygen atoms in total. The molecule has 0 fully saturated rings. The molecular formula is C11H23I. The van der Waals surface area contributed by atoms with Gasteiger partial charge in [0.15, 0.2) is 0 Å². The summed E-state index contributed by atoms with van der Waals surface area (Å²) in [6.45, 7) is 4.68. The van der Waals surface area contributed by atoms with Crippen LogP contribution >= 0.6 is 22.6 Å². The van der Waals surface area contributed by atoms with Crippen LogP contribution in [0.5, 0.6) is 0 Å². The van der Waals surface area contributed by atoms with Gasteiger partial charge in [-0.3, -0.25) is 0 Å². The van der Waals surface area contributed by atoms with Gasteiger partial charge >= 0.3 is 0 Å². The third kappa shape index (κ3) is 8.82. The van der Waals surface area contributed by atoms with E-state index in [1.54, 1.807) is 0 Å². The number of alkyl halides is 1. The molecule has 0 aromatic heterocycles. The van der Waals surface area contributed by atoms with E-state index in [1.165, 1.54) is 49.4 Å². The van der Waals surface area contributed by atoms with Crippen molar-refractivity contribution in [2.45, 2.75) is 58.8 Å². The Labute approximate surface area is 91.7 Å². The summed E-state index contributed by atoms with van der Waals surface area (Å²) in [7, 11) is 0. The van der Waals surface area contributed by atoms with Gasteiger partial charge in [-0.2, -0.15) is 0 Å². The molecule has 0 bridgehead atoms. The van der Waals surface area contributed by atoms with Crippen LogP contribution in [0, 0.1) is 5.92 Å². The Bertz CT molecular complexity index is 81.1. The molecule has 0 aromatic rings. The van der Waals surface area contributed by atoms with Gasteiger partial charge in [0.25, 0.3) is 0 Å². The highest BCUT2D eigenvalue weighted by Gasteiger charge is 1.99. The third-order valence-electron chi connectivity index (χ3n) is 2.36. The van der Waals surface area contributed by atoms with E-state index < -0.39 is 0 Å². The molecule has 0 spiro atoms. The average molecular weight is 282 g/mol. The van der Waals surface area contributed by atoms with Crippen molar-refractivity contribution in [1.29, 1.82) is 0 Å². The second-order valence-electron chi connectivity index (χ2n) is 3.79. The molecule has 0 radical (unpaired) electrons. The predicted molar refractivity (Wildman–Crippen MR) is 66.0 cm³/mol. The molecule has 0 aromatic carbocycles. The minimum absolute atomic E-state index is 0.967. The topological polar surface area (TPSA) is 0 Å². The maximum atomic E-state index is 2.47. The van der Waals surface area contributed by atoms with E-state index >= 15 is 0 Å². The summed E-state index contributed by atoms with van der Waals surface area (Å²) in [4.78, 5) is 0. The summed E-state index contributed by atoms with van der Waals surface area (Å²) >= 11 is 2.47. The zero-order chi connectivity index (χ0) is 9.23. The quantitative estimate of drug-likeness (QED) is 0.340. The van der Waals surface area contributed by atoms with Crippen LogP contribution in [0.25, 0.3) is 0 Å². The van der Waals surface area contributed by atoms with Crippen LogP contribution < -0.4 is 0 Å². The van der Waals surface area contributed by atoms with Gasteiger partial charge in [0.2, 0.25) is 0 Å². The molecule has 0 saturated heterocycles. The zero-order valence-corrected chi connectivity index (χ0v) is 10.8. The van der Waals surface area contributed by atoms with Crippen molar-refractivity contribution in [2.24, 2.45) is 5.92 Å². The summed E-state index contributed by atoms with van der Waals surface area (Å²) in [5, 5.41) is 0. The number of halogens is 1. The van der Waals surface area contributed by atoms with E-state index in [-0.39, 0.29) is 0 Å². The van der Waals surface area contributed by atoms with Gasteiger partial charge in [0, 0.05) is 0 Å². The molecule has 0 N–H and O–H groups in total. The summed E-state index contributed by atoms with van der Waals surface area (Å²) in [6, 6.07) is 0. The van der Waals surface area contributed by atoms with E-state index in [2.05, 4.69) is 36.4 Å². The van der Waals surface area contributed by atoms with Crippen LogP contribution in [0.2, 0.25) is 0 Å². The van der Waals surface area contributed by atoms with Crippen molar-refractivity contribution in [3.05, 3.63) is 0 Å². The molecule has 0 saturated carbocycles. The molecule has 12 heavy (non-hydrogen) atoms. The standard InChI is InChI=1S/C11H23I/c1-3-8-11(2)9-6-4-5-7-10-12/h11H,3-10H2,1-2H3/t11-/m1/s1. The Kier molecular flexibility index (Phi) is 10.4. The van der Waals surface area contributed by atoms with Crippen molar-refractivity contribution >= 4 is 22.6 Å². The SMILES string of the molecule is CCC[C@@H](C)CCCCCCI. The molecule has 0 rings (SSSR count). The number of hydrogen-bond acceptors (Lipinski definition) is 0. The lowest BCUT2D eigenvalue weighted by Crippen LogP contribution is -1.93. The molecule has 0 amide bonds. The Balaban J connectivity index is 2.97. The maximum absolute atomic E-state index is 2.47. The van der Waals surface area contributed by atoms with E-state index in [0.717, 1.165) is 5.92 Å². The van der Waals surface area contributed by atoms with Gasteiger partial charge < -0.3 is 0 Å². The van der Waals surface area contributed by atoms with Crippen LogP contribution in [0.4, 0.5) is 0 Å². The van der Waals surface area contributed by atoms with Gasteiger partial charge in [-0.15, -0.1) is 0 Å². The monoisotopic (exact) mass is 282 g/mol. The molecule has 0 heterocycles. The van der Waals surface area contributed by atoms with E-state index in [1.807, 2.05) is 0 Å². The fourth-order valence-electron chi connectivity index (χ4n) is 1.58. The highest BCUT2D eigenvalue weighted by molar-refractivity contribution is 14.1. The molecule has 0 unspecified atom stereocenters. The number of hydrogen-bond donors (Lipinski definition) is 0. The van der Waals surface area contributed by atoms with E-state index in [4.69, 9.17) is 0 Å². The van der Waals surface area contributed by atoms with Crippen LogP contribution in [0.15, 0.2) is 0 Å². The van der Waals surface area contributed by atoms with Crippen molar-refractivity contribution in [2.75, 3.05) is 4.43 Å². The second-order valence-corrected chi connectivity index (χ2v) is 4.86. The van der Waals surface area contributed by atoms with Crippen molar-refractivity contribution in [3.8, 4) is 0 Å². The van der Waals surface area contributed by atoms with Gasteiger partial charge in [-0.05, 0) is 16.8 Å². The summed E-state index contributed by atoms with van der Waals surface area (Å²) in [5.74, 6) is 0.967. The minimum Gasteiger partial charge on any atom is -0.0864 e. The lowest BCUT2D eigenvalue weighted by atomic mass is 9.98. The smallest absolute Gasteiger partial charge is 0.000473 e. The first-order chi connectivity index (χ1) is 5.81. The normalized spacial score (nSPS) is 13.2. The Morgan fingerprint density at radius 1 is 1.00 bits per heavy atom. The van der Waals surface area contributed by atoms with Crippen LogP contribution in [0.3, 0.4) is 0 Å². The van der Waals surface area contributed by atoms with Gasteiger partial charge in [-0.25, -0.2) is 0 Å². The van der Waals surface area contributed by atoms with Crippen LogP contribution in [0.1, 0.15) is 58.8 Å². The van der Waals surface area contributed by atoms with Gasteiger partial charge in [-0.1, -0.05) is 75.0 Å². The second kappa shape index (κ2) is 9.82. The first kappa shape index (κ1) is 12.7. The largest absolute Gasteiger partial charge is 0.0864 e. The Morgan fingerprint density at radius 2 is 1.67 bits per heavy atom. The molecule has 1 heteroatoms. The zero-order valence-electron chi connectivity index (χ0n) is 8.61. The molecule has 1 atom stereocenters. The van der Waals surface area contributed by atoms with E-state index in [0.29, 0.717) is 0 Å². The molecule has 0 aliphatic rings. The van der Waals surface area contributed by atoms with Crippen LogP contribution in [-0.4, -0.2) is 4.43 Å². The number of rotatable bonds is 8. The van der Waals surface area contributed by atoms with Gasteiger partial charge in [0.05, 0.1) is 0 Å². The first-order valence-corrected chi connectivity index (χ1v) is 6.89. The molecular weight excluding hydrogens is 259 g/mol. The van der Waals surface area contributed by atoms with Gasteiger partial charge in [0.1, 0.15) is 0 Å². The minimum atomic E-state index is 0.967. The third-order valence-corrected chi connectivity index (χ3v) is 3.12. The highest BCUT2D eigenvalue weighted by Crippen LogP contribution is 2.15. The number of unbranched alkanes of at least 4 members (excludes halogenated alkanes) is 3. The van der Waals surface area contributed by atoms with Crippen molar-refractivity contribution < 1.29 is 0 Å². The van der Waals surface area contributed by atoms with Crippen molar-refractivity contribution in [1.82, 2.24) is 0 Å². The Morgan fingerprint density at radius 3 is 2.25 bits per heavy atom. The lowest BCUT2D eigenvalue weighted by molar-refractivity contribution is 0.456. The van der Waals surface area contributed by atoms with E-state index in [9.17, 15) is 0 Å². The fourth-order valence-corrected chi connectivity index (χ4v) is 2.12. The summed E-state index contributed by atoms with van der Waals surface area (Å²) < 4.78 is 1.34. The maximum Gasteiger partial charge on any atom is -0.000473 e. The van der Waals surface area contributed by atoms with Crippen molar-refractivity contribution in [3.63, 3.8) is 0 Å². The summed E-state index contributed by atoms with van der Waals surface area (Å²) in [5.41, 5.74) is 0. The predicted octanol–water partition coefficient (Wildman–Crippen LogP) is 4.81.